The molecule has 0 heterocycles. The van der Waals surface area contributed by atoms with Crippen molar-refractivity contribution in [2.45, 2.75) is 0 Å². The summed E-state index contributed by atoms with van der Waals surface area (Å²) in [6, 6.07) is 11.8. The van der Waals surface area contributed by atoms with E-state index in [4.69, 9.17) is 15.5 Å². The van der Waals surface area contributed by atoms with Crippen LogP contribution in [0.4, 0.5) is 11.4 Å². The second-order valence-corrected chi connectivity index (χ2v) is 5.77. The molecule has 0 saturated carbocycles. The Morgan fingerprint density at radius 1 is 1.00 bits per heavy atom. The highest BCUT2D eigenvalue weighted by atomic mass is 31.2. The van der Waals surface area contributed by atoms with Gasteiger partial charge in [-0.1, -0.05) is 0 Å². The minimum absolute atomic E-state index is 0.0945. The minimum atomic E-state index is -4.26. The van der Waals surface area contributed by atoms with E-state index in [1.807, 2.05) is 0 Å². The molecule has 2 aromatic rings. The molecule has 7 heteroatoms. The van der Waals surface area contributed by atoms with Crippen molar-refractivity contribution < 1.29 is 19.1 Å². The van der Waals surface area contributed by atoms with Gasteiger partial charge in [-0.2, -0.15) is 0 Å². The van der Waals surface area contributed by atoms with Crippen LogP contribution in [-0.4, -0.2) is 15.7 Å². The van der Waals surface area contributed by atoms with Crippen molar-refractivity contribution >= 4 is 30.2 Å². The average molecular weight is 292 g/mol. The van der Waals surface area contributed by atoms with Gasteiger partial charge >= 0.3 is 7.60 Å². The first-order valence-electron chi connectivity index (χ1n) is 5.69. The van der Waals surface area contributed by atoms with Gasteiger partial charge in [-0.05, 0) is 48.5 Å². The molecular weight excluding hydrogens is 279 g/mol. The summed E-state index contributed by atoms with van der Waals surface area (Å²) in [4.78, 5) is 29.9. The van der Waals surface area contributed by atoms with Crippen molar-refractivity contribution in [3.63, 3.8) is 0 Å². The first kappa shape index (κ1) is 14.3. The standard InChI is InChI=1S/C13H13N2O4P/c14-10-3-1-9(2-4-10)13(16)15-11-5-7-12(8-6-11)20(17,18)19/h1-8H,14H2,(H,15,16)(H2,17,18,19). The first-order chi connectivity index (χ1) is 9.36. The molecule has 0 saturated heterocycles. The van der Waals surface area contributed by atoms with Crippen LogP contribution in [0.2, 0.25) is 0 Å². The van der Waals surface area contributed by atoms with Gasteiger partial charge in [0.25, 0.3) is 5.91 Å². The molecule has 5 N–H and O–H groups in total. The number of benzene rings is 2. The van der Waals surface area contributed by atoms with Gasteiger partial charge in [0.05, 0.1) is 5.30 Å². The summed E-state index contributed by atoms with van der Waals surface area (Å²) in [6.07, 6.45) is 0. The Balaban J connectivity index is 2.12. The maximum Gasteiger partial charge on any atom is 0.356 e. The highest BCUT2D eigenvalue weighted by Gasteiger charge is 2.16. The normalized spacial score (nSPS) is 11.1. The largest absolute Gasteiger partial charge is 0.399 e. The van der Waals surface area contributed by atoms with Crippen molar-refractivity contribution in [1.82, 2.24) is 0 Å². The Kier molecular flexibility index (Phi) is 3.90. The summed E-state index contributed by atoms with van der Waals surface area (Å²) < 4.78 is 11.0. The van der Waals surface area contributed by atoms with E-state index in [0.717, 1.165) is 0 Å². The first-order valence-corrected chi connectivity index (χ1v) is 7.30. The fraction of sp³-hybridized carbons (Fsp3) is 0. The van der Waals surface area contributed by atoms with E-state index in [0.29, 0.717) is 16.9 Å². The number of rotatable bonds is 3. The zero-order valence-electron chi connectivity index (χ0n) is 10.4. The van der Waals surface area contributed by atoms with E-state index in [1.54, 1.807) is 24.3 Å². The lowest BCUT2D eigenvalue weighted by molar-refractivity contribution is 0.102. The second-order valence-electron chi connectivity index (χ2n) is 4.17. The van der Waals surface area contributed by atoms with Gasteiger partial charge in [-0.25, -0.2) is 0 Å². The highest BCUT2D eigenvalue weighted by molar-refractivity contribution is 7.60. The molecule has 0 aliphatic heterocycles. The zero-order valence-corrected chi connectivity index (χ0v) is 11.2. The van der Waals surface area contributed by atoms with Crippen LogP contribution in [-0.2, 0) is 4.57 Å². The van der Waals surface area contributed by atoms with Gasteiger partial charge in [0.1, 0.15) is 0 Å². The molecule has 1 amide bonds. The number of anilines is 2. The molecule has 0 radical (unpaired) electrons. The summed E-state index contributed by atoms with van der Waals surface area (Å²) in [5, 5.41) is 2.53. The summed E-state index contributed by atoms with van der Waals surface area (Å²) in [6.45, 7) is 0. The van der Waals surface area contributed by atoms with Crippen LogP contribution in [0.3, 0.4) is 0 Å². The number of amides is 1. The number of hydrogen-bond acceptors (Lipinski definition) is 3. The third kappa shape index (κ3) is 3.45. The molecule has 0 bridgehead atoms. The topological polar surface area (TPSA) is 113 Å². The lowest BCUT2D eigenvalue weighted by atomic mass is 10.2. The van der Waals surface area contributed by atoms with Crippen molar-refractivity contribution in [2.75, 3.05) is 11.1 Å². The van der Waals surface area contributed by atoms with Crippen molar-refractivity contribution in [2.24, 2.45) is 0 Å². The number of carbonyl (C=O) groups excluding carboxylic acids is 1. The number of carbonyl (C=O) groups is 1. The van der Waals surface area contributed by atoms with E-state index < -0.39 is 7.60 Å². The molecule has 6 nitrogen and oxygen atoms in total. The smallest absolute Gasteiger partial charge is 0.356 e. The molecule has 2 rings (SSSR count). The van der Waals surface area contributed by atoms with Crippen LogP contribution in [0.15, 0.2) is 48.5 Å². The molecule has 0 unspecified atom stereocenters. The Hall–Kier alpha value is -2.14. The molecule has 0 spiro atoms. The number of hydrogen-bond donors (Lipinski definition) is 4. The van der Waals surface area contributed by atoms with E-state index in [1.165, 1.54) is 24.3 Å². The van der Waals surface area contributed by atoms with Gasteiger partial charge in [-0.3, -0.25) is 9.36 Å². The monoisotopic (exact) mass is 292 g/mol. The van der Waals surface area contributed by atoms with Gasteiger partial charge in [-0.15, -0.1) is 0 Å². The molecular formula is C13H13N2O4P. The Morgan fingerprint density at radius 2 is 1.55 bits per heavy atom. The van der Waals surface area contributed by atoms with Crippen LogP contribution < -0.4 is 16.4 Å². The Morgan fingerprint density at radius 3 is 2.05 bits per heavy atom. The maximum absolute atomic E-state index is 11.9. The molecule has 0 aliphatic rings. The van der Waals surface area contributed by atoms with Gasteiger partial charge in [0.15, 0.2) is 0 Å². The molecule has 2 aromatic carbocycles. The van der Waals surface area contributed by atoms with E-state index in [9.17, 15) is 9.36 Å². The van der Waals surface area contributed by atoms with Crippen molar-refractivity contribution in [3.05, 3.63) is 54.1 Å². The van der Waals surface area contributed by atoms with E-state index in [-0.39, 0.29) is 11.2 Å². The summed E-state index contributed by atoms with van der Waals surface area (Å²) in [5.41, 5.74) is 6.98. The van der Waals surface area contributed by atoms with E-state index >= 15 is 0 Å². The summed E-state index contributed by atoms with van der Waals surface area (Å²) >= 11 is 0. The number of nitrogens with two attached hydrogens (primary N) is 1. The van der Waals surface area contributed by atoms with Crippen molar-refractivity contribution in [3.8, 4) is 0 Å². The Labute approximate surface area is 115 Å². The lowest BCUT2D eigenvalue weighted by Crippen LogP contribution is -2.12. The van der Waals surface area contributed by atoms with Crippen molar-refractivity contribution in [1.29, 1.82) is 0 Å². The quantitative estimate of drug-likeness (QED) is 0.503. The van der Waals surface area contributed by atoms with Crippen LogP contribution in [0, 0.1) is 0 Å². The van der Waals surface area contributed by atoms with Crippen LogP contribution >= 0.6 is 7.60 Å². The molecule has 0 aliphatic carbocycles. The number of nitrogens with one attached hydrogen (secondary N) is 1. The predicted octanol–water partition coefficient (Wildman–Crippen LogP) is 1.32. The molecule has 0 fully saturated rings. The van der Waals surface area contributed by atoms with Gasteiger partial charge in [0, 0.05) is 16.9 Å². The van der Waals surface area contributed by atoms with Crippen LogP contribution in [0.5, 0.6) is 0 Å². The van der Waals surface area contributed by atoms with Gasteiger partial charge in [0.2, 0.25) is 0 Å². The van der Waals surface area contributed by atoms with E-state index in [2.05, 4.69) is 5.32 Å². The summed E-state index contributed by atoms with van der Waals surface area (Å²) in [7, 11) is -4.26. The fourth-order valence-electron chi connectivity index (χ4n) is 1.58. The third-order valence-electron chi connectivity index (χ3n) is 2.63. The SMILES string of the molecule is Nc1ccc(C(=O)Nc2ccc(P(=O)(O)O)cc2)cc1. The molecule has 0 aromatic heterocycles. The second kappa shape index (κ2) is 5.46. The van der Waals surface area contributed by atoms with Crippen LogP contribution in [0.25, 0.3) is 0 Å². The van der Waals surface area contributed by atoms with Crippen LogP contribution in [0.1, 0.15) is 10.4 Å². The molecule has 20 heavy (non-hydrogen) atoms. The summed E-state index contributed by atoms with van der Waals surface area (Å²) in [5.74, 6) is -0.325. The predicted molar refractivity (Wildman–Crippen MR) is 76.9 cm³/mol. The lowest BCUT2D eigenvalue weighted by Gasteiger charge is -2.07. The zero-order chi connectivity index (χ0) is 14.8. The third-order valence-corrected chi connectivity index (χ3v) is 3.61. The average Bonchev–Trinajstić information content (AvgIpc) is 2.39. The maximum atomic E-state index is 11.9. The molecule has 104 valence electrons. The highest BCUT2D eigenvalue weighted by Crippen LogP contribution is 2.33. The molecule has 0 atom stereocenters. The number of nitrogen functional groups attached to an aromatic ring is 1. The minimum Gasteiger partial charge on any atom is -0.399 e. The fourth-order valence-corrected chi connectivity index (χ4v) is 2.11. The Bertz CT molecular complexity index is 662. The van der Waals surface area contributed by atoms with Gasteiger partial charge < -0.3 is 20.8 Å².